The highest BCUT2D eigenvalue weighted by molar-refractivity contribution is 6.02. The fourth-order valence-corrected chi connectivity index (χ4v) is 2.38. The maximum atomic E-state index is 12.4. The number of carboxylic acid groups (broad SMARTS) is 1. The van der Waals surface area contributed by atoms with Crippen LogP contribution in [0.4, 0.5) is 0 Å². The van der Waals surface area contributed by atoms with Gasteiger partial charge in [0.25, 0.3) is 0 Å². The summed E-state index contributed by atoms with van der Waals surface area (Å²) in [4.78, 5) is 36.6. The number of aliphatic carboxylic acids is 1. The lowest BCUT2D eigenvalue weighted by Gasteiger charge is -2.30. The van der Waals surface area contributed by atoms with Crippen molar-refractivity contribution in [3.8, 4) is 0 Å². The molecule has 4 N–H and O–H groups in total. The summed E-state index contributed by atoms with van der Waals surface area (Å²) in [5, 5.41) is 12.3. The largest absolute Gasteiger partial charge is 0.480 e. The van der Waals surface area contributed by atoms with Crippen LogP contribution >= 0.6 is 0 Å². The molecule has 0 aliphatic carbocycles. The van der Waals surface area contributed by atoms with Crippen LogP contribution in [0.3, 0.4) is 0 Å². The number of rotatable bonds is 6. The molecule has 7 nitrogen and oxygen atoms in total. The molecular weight excluding hydrogens is 262 g/mol. The highest BCUT2D eigenvalue weighted by Gasteiger charge is 2.38. The third-order valence-corrected chi connectivity index (χ3v) is 3.33. The van der Waals surface area contributed by atoms with Crippen molar-refractivity contribution in [2.45, 2.75) is 45.2 Å². The molecule has 20 heavy (non-hydrogen) atoms. The van der Waals surface area contributed by atoms with Crippen molar-refractivity contribution in [3.63, 3.8) is 0 Å². The number of hydrogen-bond donors (Lipinski definition) is 3. The number of carbonyl (C=O) groups is 3. The predicted molar refractivity (Wildman–Crippen MR) is 72.8 cm³/mol. The first kappa shape index (κ1) is 16.6. The molecule has 1 saturated heterocycles. The Labute approximate surface area is 118 Å². The predicted octanol–water partition coefficient (Wildman–Crippen LogP) is -0.448. The van der Waals surface area contributed by atoms with Crippen molar-refractivity contribution in [1.29, 1.82) is 0 Å². The van der Waals surface area contributed by atoms with Gasteiger partial charge in [-0.15, -0.1) is 0 Å². The van der Waals surface area contributed by atoms with E-state index in [4.69, 9.17) is 5.73 Å². The number of nitrogens with zero attached hydrogens (tertiary/aromatic N) is 1. The zero-order chi connectivity index (χ0) is 15.3. The molecule has 2 atom stereocenters. The second-order valence-electron chi connectivity index (χ2n) is 5.44. The Morgan fingerprint density at radius 2 is 2.05 bits per heavy atom. The van der Waals surface area contributed by atoms with E-state index >= 15 is 0 Å². The molecule has 0 saturated carbocycles. The summed E-state index contributed by atoms with van der Waals surface area (Å²) in [6, 6.07) is -1.64. The van der Waals surface area contributed by atoms with Gasteiger partial charge in [-0.2, -0.15) is 0 Å². The summed E-state index contributed by atoms with van der Waals surface area (Å²) < 4.78 is 0. The molecule has 1 aliphatic rings. The molecule has 2 unspecified atom stereocenters. The van der Waals surface area contributed by atoms with E-state index in [9.17, 15) is 19.5 Å². The standard InChI is InChI=1S/C13H23N3O4/c1-8(2)6-10(13(19)20)16(11(17)7-14)12(18)9-4-3-5-15-9/h8-10,15H,3-7,14H2,1-2H3,(H,19,20). The smallest absolute Gasteiger partial charge is 0.326 e. The van der Waals surface area contributed by atoms with Crippen LogP contribution in [0.2, 0.25) is 0 Å². The minimum Gasteiger partial charge on any atom is -0.480 e. The lowest BCUT2D eigenvalue weighted by molar-refractivity contribution is -0.159. The normalized spacial score (nSPS) is 19.9. The van der Waals surface area contributed by atoms with Gasteiger partial charge in [-0.1, -0.05) is 13.8 Å². The van der Waals surface area contributed by atoms with E-state index in [0.29, 0.717) is 13.0 Å². The van der Waals surface area contributed by atoms with Gasteiger partial charge >= 0.3 is 5.97 Å². The second-order valence-corrected chi connectivity index (χ2v) is 5.44. The fraction of sp³-hybridized carbons (Fsp3) is 0.769. The van der Waals surface area contributed by atoms with Gasteiger partial charge < -0.3 is 16.2 Å². The lowest BCUT2D eigenvalue weighted by atomic mass is 10.0. The summed E-state index contributed by atoms with van der Waals surface area (Å²) in [7, 11) is 0. The van der Waals surface area contributed by atoms with Crippen molar-refractivity contribution in [3.05, 3.63) is 0 Å². The molecule has 1 rings (SSSR count). The van der Waals surface area contributed by atoms with Crippen molar-refractivity contribution < 1.29 is 19.5 Å². The van der Waals surface area contributed by atoms with E-state index < -0.39 is 29.9 Å². The van der Waals surface area contributed by atoms with Crippen LogP contribution in [0.5, 0.6) is 0 Å². The van der Waals surface area contributed by atoms with E-state index in [1.54, 1.807) is 0 Å². The lowest BCUT2D eigenvalue weighted by Crippen LogP contribution is -2.56. The number of nitrogens with one attached hydrogen (secondary N) is 1. The van der Waals surface area contributed by atoms with Crippen molar-refractivity contribution in [1.82, 2.24) is 10.2 Å². The van der Waals surface area contributed by atoms with E-state index in [1.165, 1.54) is 0 Å². The Morgan fingerprint density at radius 1 is 1.40 bits per heavy atom. The minimum absolute atomic E-state index is 0.0495. The zero-order valence-corrected chi connectivity index (χ0v) is 12.0. The molecule has 114 valence electrons. The number of carbonyl (C=O) groups excluding carboxylic acids is 2. The van der Waals surface area contributed by atoms with Gasteiger partial charge in [0.15, 0.2) is 0 Å². The molecular formula is C13H23N3O4. The first-order valence-electron chi connectivity index (χ1n) is 6.90. The van der Waals surface area contributed by atoms with Crippen LogP contribution in [0, 0.1) is 5.92 Å². The Morgan fingerprint density at radius 3 is 2.45 bits per heavy atom. The molecule has 1 heterocycles. The monoisotopic (exact) mass is 285 g/mol. The molecule has 1 fully saturated rings. The summed E-state index contributed by atoms with van der Waals surface area (Å²) in [6.07, 6.45) is 1.67. The van der Waals surface area contributed by atoms with Gasteiger partial charge in [0.1, 0.15) is 6.04 Å². The first-order valence-corrected chi connectivity index (χ1v) is 6.90. The Hall–Kier alpha value is -1.47. The molecule has 2 amide bonds. The number of hydrogen-bond acceptors (Lipinski definition) is 5. The van der Waals surface area contributed by atoms with E-state index in [0.717, 1.165) is 11.3 Å². The van der Waals surface area contributed by atoms with Gasteiger partial charge in [0, 0.05) is 0 Å². The third-order valence-electron chi connectivity index (χ3n) is 3.33. The van der Waals surface area contributed by atoms with Crippen LogP contribution in [0.1, 0.15) is 33.1 Å². The van der Waals surface area contributed by atoms with Crippen LogP contribution in [0.15, 0.2) is 0 Å². The quantitative estimate of drug-likeness (QED) is 0.609. The number of carboxylic acids is 1. The van der Waals surface area contributed by atoms with E-state index in [-0.39, 0.29) is 18.9 Å². The number of amides is 2. The summed E-state index contributed by atoms with van der Waals surface area (Å²) in [5.41, 5.74) is 5.32. The molecule has 0 aromatic rings. The Balaban J connectivity index is 2.98. The highest BCUT2D eigenvalue weighted by atomic mass is 16.4. The fourth-order valence-electron chi connectivity index (χ4n) is 2.38. The van der Waals surface area contributed by atoms with E-state index in [2.05, 4.69) is 5.32 Å². The molecule has 0 spiro atoms. The van der Waals surface area contributed by atoms with Crippen LogP contribution in [-0.4, -0.2) is 53.0 Å². The summed E-state index contributed by atoms with van der Waals surface area (Å²) in [5.74, 6) is -2.25. The van der Waals surface area contributed by atoms with Gasteiger partial charge in [-0.3, -0.25) is 14.5 Å². The topological polar surface area (TPSA) is 113 Å². The van der Waals surface area contributed by atoms with Crippen molar-refractivity contribution >= 4 is 17.8 Å². The molecule has 7 heteroatoms. The number of imide groups is 1. The molecule has 1 aliphatic heterocycles. The Bertz CT molecular complexity index is 378. The summed E-state index contributed by atoms with van der Waals surface area (Å²) >= 11 is 0. The Kier molecular flexibility index (Phi) is 6.09. The van der Waals surface area contributed by atoms with Crippen molar-refractivity contribution in [2.24, 2.45) is 11.7 Å². The maximum absolute atomic E-state index is 12.4. The SMILES string of the molecule is CC(C)CC(C(=O)O)N(C(=O)CN)C(=O)C1CCCN1. The van der Waals surface area contributed by atoms with Gasteiger partial charge in [-0.05, 0) is 31.7 Å². The highest BCUT2D eigenvalue weighted by Crippen LogP contribution is 2.17. The third kappa shape index (κ3) is 4.01. The minimum atomic E-state index is -1.17. The molecule has 0 bridgehead atoms. The average Bonchev–Trinajstić information content (AvgIpc) is 2.90. The van der Waals surface area contributed by atoms with Gasteiger partial charge in [-0.25, -0.2) is 4.79 Å². The molecule has 0 radical (unpaired) electrons. The van der Waals surface area contributed by atoms with Crippen LogP contribution in [0.25, 0.3) is 0 Å². The first-order chi connectivity index (χ1) is 9.38. The van der Waals surface area contributed by atoms with Crippen LogP contribution in [-0.2, 0) is 14.4 Å². The second kappa shape index (κ2) is 7.35. The maximum Gasteiger partial charge on any atom is 0.326 e. The van der Waals surface area contributed by atoms with Gasteiger partial charge in [0.05, 0.1) is 12.6 Å². The van der Waals surface area contributed by atoms with Gasteiger partial charge in [0.2, 0.25) is 11.8 Å². The summed E-state index contributed by atoms with van der Waals surface area (Å²) in [6.45, 7) is 4.02. The van der Waals surface area contributed by atoms with Crippen LogP contribution < -0.4 is 11.1 Å². The molecule has 0 aromatic heterocycles. The van der Waals surface area contributed by atoms with E-state index in [1.807, 2.05) is 13.8 Å². The average molecular weight is 285 g/mol. The number of nitrogens with two attached hydrogens (primary N) is 1. The molecule has 0 aromatic carbocycles. The van der Waals surface area contributed by atoms with Crippen molar-refractivity contribution in [2.75, 3.05) is 13.1 Å². The zero-order valence-electron chi connectivity index (χ0n) is 12.0.